The molecule has 0 fully saturated rings. The van der Waals surface area contributed by atoms with Crippen molar-refractivity contribution in [3.05, 3.63) is 54.4 Å². The van der Waals surface area contributed by atoms with Crippen LogP contribution in [0.1, 0.15) is 5.56 Å². The van der Waals surface area contributed by atoms with Crippen LogP contribution in [0.25, 0.3) is 20.5 Å². The molecule has 0 saturated carbocycles. The first-order valence-corrected chi connectivity index (χ1v) is 6.63. The summed E-state index contributed by atoms with van der Waals surface area (Å²) in [7, 11) is 1.50. The van der Waals surface area contributed by atoms with Crippen LogP contribution in [0, 0.1) is 6.92 Å². The number of nitrogens with two attached hydrogens (primary N) is 1. The highest BCUT2D eigenvalue weighted by molar-refractivity contribution is 7.22. The maximum Gasteiger partial charge on any atom is 0.0535 e. The number of hydrogen-bond acceptors (Lipinski definition) is 3. The lowest BCUT2D eigenvalue weighted by Gasteiger charge is -1.93. The maximum atomic E-state index is 4.50. The summed E-state index contributed by atoms with van der Waals surface area (Å²) in [5.41, 5.74) is 7.03. The molecule has 2 aromatic heterocycles. The Bertz CT molecular complexity index is 629. The normalized spacial score (nSPS) is 9.94. The van der Waals surface area contributed by atoms with E-state index in [1.165, 1.54) is 33.1 Å². The second kappa shape index (κ2) is 5.76. The summed E-state index contributed by atoms with van der Waals surface area (Å²) in [6, 6.07) is 12.7. The molecule has 0 aliphatic heterocycles. The van der Waals surface area contributed by atoms with Gasteiger partial charge in [0.2, 0.25) is 0 Å². The number of benzene rings is 1. The standard InChI is InChI=1S/C14H11NS.CH5N/c1-10-8-15-9-14-12(10)7-13(16-14)11-5-3-2-4-6-11;1-2/h2-9H,1H3;2H2,1H3. The molecule has 0 saturated heterocycles. The summed E-state index contributed by atoms with van der Waals surface area (Å²) >= 11 is 1.80. The first-order chi connectivity index (χ1) is 8.84. The Morgan fingerprint density at radius 3 is 2.44 bits per heavy atom. The number of fused-ring (bicyclic) bond motifs is 1. The van der Waals surface area contributed by atoms with Crippen molar-refractivity contribution in [2.75, 3.05) is 7.05 Å². The molecule has 0 bridgehead atoms. The molecular weight excluding hydrogens is 240 g/mol. The van der Waals surface area contributed by atoms with E-state index >= 15 is 0 Å². The molecule has 0 aliphatic carbocycles. The van der Waals surface area contributed by atoms with Gasteiger partial charge in [0.25, 0.3) is 0 Å². The van der Waals surface area contributed by atoms with Crippen LogP contribution in [-0.4, -0.2) is 12.0 Å². The molecule has 2 nitrogen and oxygen atoms in total. The number of aromatic nitrogens is 1. The largest absolute Gasteiger partial charge is 0.333 e. The third-order valence-corrected chi connectivity index (χ3v) is 3.82. The topological polar surface area (TPSA) is 38.9 Å². The minimum Gasteiger partial charge on any atom is -0.333 e. The molecule has 18 heavy (non-hydrogen) atoms. The summed E-state index contributed by atoms with van der Waals surface area (Å²) in [6.45, 7) is 2.11. The third kappa shape index (κ3) is 2.42. The zero-order valence-corrected chi connectivity index (χ0v) is 11.4. The van der Waals surface area contributed by atoms with Gasteiger partial charge in [-0.3, -0.25) is 4.98 Å². The molecule has 0 radical (unpaired) electrons. The van der Waals surface area contributed by atoms with Crippen LogP contribution >= 0.6 is 11.3 Å². The van der Waals surface area contributed by atoms with Crippen LogP contribution < -0.4 is 5.73 Å². The zero-order valence-electron chi connectivity index (χ0n) is 10.6. The van der Waals surface area contributed by atoms with Crippen LogP contribution in [0.3, 0.4) is 0 Å². The Morgan fingerprint density at radius 2 is 1.78 bits per heavy atom. The minimum atomic E-state index is 1.25. The van der Waals surface area contributed by atoms with Gasteiger partial charge in [0.1, 0.15) is 0 Å². The van der Waals surface area contributed by atoms with Crippen LogP contribution in [0.5, 0.6) is 0 Å². The average Bonchev–Trinajstić information content (AvgIpc) is 2.88. The first kappa shape index (κ1) is 12.7. The van der Waals surface area contributed by atoms with Crippen molar-refractivity contribution >= 4 is 21.4 Å². The van der Waals surface area contributed by atoms with Gasteiger partial charge in [0.15, 0.2) is 0 Å². The molecular formula is C15H16N2S. The number of thiophene rings is 1. The van der Waals surface area contributed by atoms with E-state index in [0.717, 1.165) is 0 Å². The Morgan fingerprint density at radius 1 is 1.06 bits per heavy atom. The van der Waals surface area contributed by atoms with Crippen molar-refractivity contribution in [3.8, 4) is 10.4 Å². The predicted molar refractivity (Wildman–Crippen MR) is 79.9 cm³/mol. The molecule has 2 N–H and O–H groups in total. The number of aryl methyl sites for hydroxylation is 1. The van der Waals surface area contributed by atoms with E-state index < -0.39 is 0 Å². The maximum absolute atomic E-state index is 4.50. The molecule has 3 heteroatoms. The van der Waals surface area contributed by atoms with E-state index in [-0.39, 0.29) is 0 Å². The van der Waals surface area contributed by atoms with E-state index in [9.17, 15) is 0 Å². The van der Waals surface area contributed by atoms with Gasteiger partial charge in [-0.1, -0.05) is 30.3 Å². The molecule has 3 rings (SSSR count). The molecule has 0 spiro atoms. The summed E-state index contributed by atoms with van der Waals surface area (Å²) in [4.78, 5) is 5.54. The van der Waals surface area contributed by atoms with Crippen molar-refractivity contribution in [2.45, 2.75) is 6.92 Å². The van der Waals surface area contributed by atoms with Crippen molar-refractivity contribution < 1.29 is 0 Å². The SMILES string of the molecule is CN.Cc1cncc2sc(-c3ccccc3)cc12. The molecule has 1 aromatic carbocycles. The monoisotopic (exact) mass is 256 g/mol. The third-order valence-electron chi connectivity index (χ3n) is 2.70. The number of nitrogens with zero attached hydrogens (tertiary/aromatic N) is 1. The Hall–Kier alpha value is -1.71. The Labute approximate surface area is 111 Å². The van der Waals surface area contributed by atoms with Gasteiger partial charge >= 0.3 is 0 Å². The number of hydrogen-bond donors (Lipinski definition) is 1. The fraction of sp³-hybridized carbons (Fsp3) is 0.133. The summed E-state index contributed by atoms with van der Waals surface area (Å²) in [5.74, 6) is 0. The molecule has 92 valence electrons. The van der Waals surface area contributed by atoms with Crippen molar-refractivity contribution in [3.63, 3.8) is 0 Å². The number of pyridine rings is 1. The Kier molecular flexibility index (Phi) is 4.07. The average molecular weight is 256 g/mol. The van der Waals surface area contributed by atoms with Crippen molar-refractivity contribution in [2.24, 2.45) is 5.73 Å². The van der Waals surface area contributed by atoms with Crippen LogP contribution in [-0.2, 0) is 0 Å². The van der Waals surface area contributed by atoms with Crippen LogP contribution in [0.15, 0.2) is 48.8 Å². The lowest BCUT2D eigenvalue weighted by Crippen LogP contribution is -1.74. The predicted octanol–water partition coefficient (Wildman–Crippen LogP) is 3.85. The van der Waals surface area contributed by atoms with Gasteiger partial charge in [-0.2, -0.15) is 0 Å². The van der Waals surface area contributed by atoms with Gasteiger partial charge in [-0.15, -0.1) is 11.3 Å². The van der Waals surface area contributed by atoms with E-state index in [1.54, 1.807) is 11.3 Å². The quantitative estimate of drug-likeness (QED) is 0.718. The van der Waals surface area contributed by atoms with Crippen molar-refractivity contribution in [1.29, 1.82) is 0 Å². The summed E-state index contributed by atoms with van der Waals surface area (Å²) in [5, 5.41) is 1.32. The lowest BCUT2D eigenvalue weighted by atomic mass is 10.1. The molecule has 0 amide bonds. The summed E-state index contributed by atoms with van der Waals surface area (Å²) in [6.07, 6.45) is 3.86. The van der Waals surface area contributed by atoms with Gasteiger partial charge in [0, 0.05) is 17.3 Å². The first-order valence-electron chi connectivity index (χ1n) is 5.82. The number of rotatable bonds is 1. The van der Waals surface area contributed by atoms with Crippen LogP contribution in [0.4, 0.5) is 0 Å². The highest BCUT2D eigenvalue weighted by Gasteiger charge is 2.05. The second-order valence-corrected chi connectivity index (χ2v) is 4.93. The molecule has 0 aliphatic rings. The second-order valence-electron chi connectivity index (χ2n) is 3.84. The van der Waals surface area contributed by atoms with Gasteiger partial charge in [-0.25, -0.2) is 0 Å². The van der Waals surface area contributed by atoms with E-state index in [1.807, 2.05) is 18.5 Å². The minimum absolute atomic E-state index is 1.25. The molecule has 0 atom stereocenters. The van der Waals surface area contributed by atoms with Crippen LogP contribution in [0.2, 0.25) is 0 Å². The van der Waals surface area contributed by atoms with E-state index in [4.69, 9.17) is 0 Å². The highest BCUT2D eigenvalue weighted by Crippen LogP contribution is 2.34. The van der Waals surface area contributed by atoms with Gasteiger partial charge in [0.05, 0.1) is 4.70 Å². The lowest BCUT2D eigenvalue weighted by molar-refractivity contribution is 1.32. The highest BCUT2D eigenvalue weighted by atomic mass is 32.1. The fourth-order valence-corrected chi connectivity index (χ4v) is 2.95. The van der Waals surface area contributed by atoms with E-state index in [2.05, 4.69) is 48.0 Å². The van der Waals surface area contributed by atoms with Gasteiger partial charge < -0.3 is 5.73 Å². The zero-order chi connectivity index (χ0) is 13.0. The van der Waals surface area contributed by atoms with E-state index in [0.29, 0.717) is 0 Å². The fourth-order valence-electron chi connectivity index (χ4n) is 1.84. The summed E-state index contributed by atoms with van der Waals surface area (Å²) < 4.78 is 1.26. The van der Waals surface area contributed by atoms with Gasteiger partial charge in [-0.05, 0) is 36.6 Å². The van der Waals surface area contributed by atoms with Crippen molar-refractivity contribution in [1.82, 2.24) is 4.98 Å². The molecule has 3 aromatic rings. The molecule has 2 heterocycles. The Balaban J connectivity index is 0.000000574. The smallest absolute Gasteiger partial charge is 0.0535 e. The molecule has 0 unspecified atom stereocenters.